The van der Waals surface area contributed by atoms with E-state index >= 15 is 0 Å². The molecule has 0 aromatic carbocycles. The Hall–Kier alpha value is -2.20. The molecule has 0 amide bonds. The van der Waals surface area contributed by atoms with E-state index in [9.17, 15) is 13.2 Å². The number of rotatable bonds is 3. The van der Waals surface area contributed by atoms with Crippen molar-refractivity contribution < 1.29 is 18.3 Å². The first-order valence-electron chi connectivity index (χ1n) is 5.77. The predicted molar refractivity (Wildman–Crippen MR) is 65.4 cm³/mol. The second-order valence-electron chi connectivity index (χ2n) is 4.29. The van der Waals surface area contributed by atoms with Gasteiger partial charge in [-0.25, -0.2) is 18.2 Å². The standard InChI is InChI=1S/C10H11N5O4S/c16-10(17)7-5-12-13-9(7)20(18,19)15-4-3-14-2-1-11-8(14)6-15/h1-2,5H,3-4,6H2,(H,12,13)(H,16,17). The molecule has 106 valence electrons. The monoisotopic (exact) mass is 297 g/mol. The zero-order valence-electron chi connectivity index (χ0n) is 10.2. The zero-order chi connectivity index (χ0) is 14.3. The largest absolute Gasteiger partial charge is 0.478 e. The number of hydrogen-bond donors (Lipinski definition) is 2. The molecule has 0 spiro atoms. The van der Waals surface area contributed by atoms with Crippen LogP contribution in [0.2, 0.25) is 0 Å². The van der Waals surface area contributed by atoms with Crippen LogP contribution in [0.4, 0.5) is 0 Å². The van der Waals surface area contributed by atoms with Gasteiger partial charge >= 0.3 is 5.97 Å². The summed E-state index contributed by atoms with van der Waals surface area (Å²) in [6, 6.07) is 0. The Kier molecular flexibility index (Phi) is 2.83. The second-order valence-corrected chi connectivity index (χ2v) is 6.17. The summed E-state index contributed by atoms with van der Waals surface area (Å²) in [6.07, 6.45) is 4.36. The SMILES string of the molecule is O=C(O)c1cn[nH]c1S(=O)(=O)N1CCn2ccnc2C1. The average molecular weight is 297 g/mol. The molecule has 1 aliphatic rings. The first-order valence-corrected chi connectivity index (χ1v) is 7.21. The molecule has 0 saturated carbocycles. The van der Waals surface area contributed by atoms with E-state index in [2.05, 4.69) is 15.2 Å². The van der Waals surface area contributed by atoms with E-state index in [4.69, 9.17) is 5.11 Å². The highest BCUT2D eigenvalue weighted by atomic mass is 32.2. The lowest BCUT2D eigenvalue weighted by molar-refractivity contribution is 0.0692. The van der Waals surface area contributed by atoms with Crippen molar-refractivity contribution >= 4 is 16.0 Å². The zero-order valence-corrected chi connectivity index (χ0v) is 11.0. The lowest BCUT2D eigenvalue weighted by Crippen LogP contribution is -2.38. The lowest BCUT2D eigenvalue weighted by Gasteiger charge is -2.26. The number of aromatic nitrogens is 4. The smallest absolute Gasteiger partial charge is 0.340 e. The van der Waals surface area contributed by atoms with Crippen LogP contribution in [0.25, 0.3) is 0 Å². The quantitative estimate of drug-likeness (QED) is 0.788. The Morgan fingerprint density at radius 1 is 1.40 bits per heavy atom. The summed E-state index contributed by atoms with van der Waals surface area (Å²) >= 11 is 0. The van der Waals surface area contributed by atoms with Crippen molar-refractivity contribution in [3.8, 4) is 0 Å². The Morgan fingerprint density at radius 2 is 2.20 bits per heavy atom. The molecular formula is C10H11N5O4S. The third-order valence-corrected chi connectivity index (χ3v) is 4.96. The molecule has 2 aromatic heterocycles. The van der Waals surface area contributed by atoms with Gasteiger partial charge in [0, 0.05) is 25.5 Å². The summed E-state index contributed by atoms with van der Waals surface area (Å²) in [6.45, 7) is 0.836. The number of imidazole rings is 1. The van der Waals surface area contributed by atoms with Crippen LogP contribution >= 0.6 is 0 Å². The van der Waals surface area contributed by atoms with Gasteiger partial charge in [0.2, 0.25) is 0 Å². The van der Waals surface area contributed by atoms with Gasteiger partial charge in [-0.2, -0.15) is 9.40 Å². The third-order valence-electron chi connectivity index (χ3n) is 3.14. The Balaban J connectivity index is 1.97. The van der Waals surface area contributed by atoms with Gasteiger partial charge < -0.3 is 9.67 Å². The molecule has 9 nitrogen and oxygen atoms in total. The highest BCUT2D eigenvalue weighted by Crippen LogP contribution is 2.21. The van der Waals surface area contributed by atoms with Crippen molar-refractivity contribution in [1.82, 2.24) is 24.1 Å². The van der Waals surface area contributed by atoms with Crippen molar-refractivity contribution in [2.24, 2.45) is 0 Å². The highest BCUT2D eigenvalue weighted by molar-refractivity contribution is 7.89. The van der Waals surface area contributed by atoms with E-state index < -0.39 is 21.0 Å². The molecule has 2 N–H and O–H groups in total. The molecule has 0 saturated heterocycles. The Labute approximate surface area is 113 Å². The Bertz CT molecular complexity index is 762. The van der Waals surface area contributed by atoms with Gasteiger partial charge in [-0.3, -0.25) is 5.10 Å². The molecule has 0 bridgehead atoms. The number of fused-ring (bicyclic) bond motifs is 1. The van der Waals surface area contributed by atoms with E-state index in [-0.39, 0.29) is 18.7 Å². The number of aromatic amines is 1. The predicted octanol–water partition coefficient (Wildman–Crippen LogP) is -0.491. The van der Waals surface area contributed by atoms with Crippen LogP contribution < -0.4 is 0 Å². The molecule has 3 heterocycles. The molecule has 20 heavy (non-hydrogen) atoms. The molecule has 0 unspecified atom stereocenters. The summed E-state index contributed by atoms with van der Waals surface area (Å²) in [5, 5.41) is 14.3. The second kappa shape index (κ2) is 4.42. The van der Waals surface area contributed by atoms with E-state index in [1.807, 2.05) is 4.57 Å². The maximum Gasteiger partial charge on any atom is 0.340 e. The number of carboxylic acid groups (broad SMARTS) is 1. The van der Waals surface area contributed by atoms with Crippen LogP contribution in [-0.4, -0.2) is 50.1 Å². The van der Waals surface area contributed by atoms with Crippen molar-refractivity contribution in [2.75, 3.05) is 6.54 Å². The molecule has 2 aromatic rings. The maximum absolute atomic E-state index is 12.5. The van der Waals surface area contributed by atoms with Crippen molar-refractivity contribution in [3.63, 3.8) is 0 Å². The van der Waals surface area contributed by atoms with Gasteiger partial charge in [0.25, 0.3) is 10.0 Å². The van der Waals surface area contributed by atoms with Gasteiger partial charge in [0.15, 0.2) is 5.03 Å². The fourth-order valence-electron chi connectivity index (χ4n) is 2.11. The van der Waals surface area contributed by atoms with Crippen LogP contribution in [0.15, 0.2) is 23.6 Å². The molecule has 10 heteroatoms. The number of sulfonamides is 1. The fourth-order valence-corrected chi connectivity index (χ4v) is 3.56. The van der Waals surface area contributed by atoms with Gasteiger partial charge in [-0.15, -0.1) is 0 Å². The van der Waals surface area contributed by atoms with Gasteiger partial charge in [-0.05, 0) is 0 Å². The first-order chi connectivity index (χ1) is 9.50. The van der Waals surface area contributed by atoms with Crippen molar-refractivity contribution in [1.29, 1.82) is 0 Å². The number of H-pyrrole nitrogens is 1. The minimum Gasteiger partial charge on any atom is -0.478 e. The summed E-state index contributed by atoms with van der Waals surface area (Å²) < 4.78 is 28.0. The Morgan fingerprint density at radius 3 is 2.95 bits per heavy atom. The summed E-state index contributed by atoms with van der Waals surface area (Å²) in [4.78, 5) is 15.1. The molecule has 1 aliphatic heterocycles. The third kappa shape index (κ3) is 1.89. The van der Waals surface area contributed by atoms with Crippen LogP contribution in [0.1, 0.15) is 16.2 Å². The number of carboxylic acids is 1. The van der Waals surface area contributed by atoms with E-state index in [1.165, 1.54) is 4.31 Å². The van der Waals surface area contributed by atoms with Gasteiger partial charge in [0.1, 0.15) is 11.4 Å². The van der Waals surface area contributed by atoms with Crippen LogP contribution in [0.5, 0.6) is 0 Å². The molecule has 3 rings (SSSR count). The summed E-state index contributed by atoms with van der Waals surface area (Å²) in [5.74, 6) is -0.716. The average Bonchev–Trinajstić information content (AvgIpc) is 3.06. The molecule has 0 atom stereocenters. The highest BCUT2D eigenvalue weighted by Gasteiger charge is 2.33. The molecule has 0 aliphatic carbocycles. The number of hydrogen-bond acceptors (Lipinski definition) is 5. The summed E-state index contributed by atoms with van der Waals surface area (Å²) in [7, 11) is -3.93. The molecule has 0 fully saturated rings. The summed E-state index contributed by atoms with van der Waals surface area (Å²) in [5.41, 5.74) is -0.362. The van der Waals surface area contributed by atoms with Crippen molar-refractivity contribution in [3.05, 3.63) is 30.0 Å². The number of nitrogens with one attached hydrogen (secondary N) is 1. The van der Waals surface area contributed by atoms with E-state index in [1.54, 1.807) is 12.4 Å². The number of aromatic carboxylic acids is 1. The first kappa shape index (κ1) is 12.8. The minimum atomic E-state index is -3.93. The normalized spacial score (nSPS) is 16.0. The van der Waals surface area contributed by atoms with Crippen LogP contribution in [0.3, 0.4) is 0 Å². The van der Waals surface area contributed by atoms with Gasteiger partial charge in [-0.1, -0.05) is 0 Å². The van der Waals surface area contributed by atoms with Crippen LogP contribution in [0, 0.1) is 0 Å². The van der Waals surface area contributed by atoms with Gasteiger partial charge in [0.05, 0.1) is 12.7 Å². The number of carbonyl (C=O) groups is 1. The molecule has 0 radical (unpaired) electrons. The maximum atomic E-state index is 12.5. The topological polar surface area (TPSA) is 121 Å². The van der Waals surface area contributed by atoms with Crippen molar-refractivity contribution in [2.45, 2.75) is 18.1 Å². The fraction of sp³-hybridized carbons (Fsp3) is 0.300. The van der Waals surface area contributed by atoms with E-state index in [0.29, 0.717) is 12.4 Å². The van der Waals surface area contributed by atoms with E-state index in [0.717, 1.165) is 6.20 Å². The number of nitrogens with zero attached hydrogens (tertiary/aromatic N) is 4. The minimum absolute atomic E-state index is 0.105. The lowest BCUT2D eigenvalue weighted by atomic mass is 10.4. The molecular weight excluding hydrogens is 286 g/mol. The van der Waals surface area contributed by atoms with Crippen LogP contribution in [-0.2, 0) is 23.1 Å².